The molecule has 7 heteroatoms. The highest BCUT2D eigenvalue weighted by molar-refractivity contribution is 6.36. The van der Waals surface area contributed by atoms with E-state index in [0.29, 0.717) is 0 Å². The second kappa shape index (κ2) is 17.5. The van der Waals surface area contributed by atoms with Crippen LogP contribution in [0.25, 0.3) is 148 Å². The van der Waals surface area contributed by atoms with Gasteiger partial charge in [0.25, 0.3) is 0 Å². The molecular formula is C78H45N3O4. The predicted octanol–water partition coefficient (Wildman–Crippen LogP) is 22.7. The lowest BCUT2D eigenvalue weighted by Crippen LogP contribution is -2.11. The number of hydrogen-bond acceptors (Lipinski definition) is 6. The Labute approximate surface area is 484 Å². The Hall–Kier alpha value is -11.5. The van der Waals surface area contributed by atoms with Gasteiger partial charge in [-0.1, -0.05) is 194 Å². The van der Waals surface area contributed by atoms with E-state index in [0.717, 1.165) is 182 Å². The number of para-hydroxylation sites is 7. The van der Waals surface area contributed by atoms with Gasteiger partial charge in [-0.25, -0.2) is 0 Å². The van der Waals surface area contributed by atoms with Crippen molar-refractivity contribution in [3.63, 3.8) is 0 Å². The summed E-state index contributed by atoms with van der Waals surface area (Å²) in [4.78, 5) is 4.83. The fraction of sp³-hybridized carbons (Fsp3) is 0. The van der Waals surface area contributed by atoms with Crippen LogP contribution in [0.3, 0.4) is 0 Å². The maximum absolute atomic E-state index is 7.28. The second-order valence-corrected chi connectivity index (χ2v) is 22.2. The van der Waals surface area contributed by atoms with Crippen LogP contribution in [0.5, 0.6) is 0 Å². The van der Waals surface area contributed by atoms with Gasteiger partial charge in [-0.3, -0.25) is 0 Å². The van der Waals surface area contributed by atoms with Crippen molar-refractivity contribution >= 4 is 160 Å². The SMILES string of the molecule is c1ccc(-c2cccc3c2oc2c(N(c4ccccc4)c4cc5c6ccccc6oc5c5c4c4cccc6c7c(N(c8ccccc8)c8ccc9oc%10cccc(-c%11ccccc%11)c%10c9c8)cc8c9ccccc9oc8c7n5c64)cccc23)cc1. The Morgan fingerprint density at radius 3 is 1.35 bits per heavy atom. The maximum atomic E-state index is 7.28. The zero-order valence-electron chi connectivity index (χ0n) is 45.5. The predicted molar refractivity (Wildman–Crippen MR) is 350 cm³/mol. The maximum Gasteiger partial charge on any atom is 0.160 e. The molecule has 0 saturated heterocycles. The number of rotatable bonds is 8. The van der Waals surface area contributed by atoms with E-state index in [1.54, 1.807) is 0 Å². The van der Waals surface area contributed by atoms with Crippen molar-refractivity contribution in [2.24, 2.45) is 0 Å². The molecule has 0 spiro atoms. The first-order valence-electron chi connectivity index (χ1n) is 28.8. The van der Waals surface area contributed by atoms with Crippen LogP contribution in [0.2, 0.25) is 0 Å². The lowest BCUT2D eigenvalue weighted by Gasteiger charge is -2.27. The normalized spacial score (nSPS) is 12.2. The van der Waals surface area contributed by atoms with E-state index in [1.165, 1.54) is 0 Å². The number of furan rings is 4. The summed E-state index contributed by atoms with van der Waals surface area (Å²) in [6, 6.07) is 96.9. The molecule has 0 aliphatic heterocycles. The quantitative estimate of drug-likeness (QED) is 0.151. The van der Waals surface area contributed by atoms with Crippen molar-refractivity contribution in [1.29, 1.82) is 0 Å². The number of anilines is 6. The van der Waals surface area contributed by atoms with Gasteiger partial charge in [-0.05, 0) is 95.6 Å². The summed E-state index contributed by atoms with van der Waals surface area (Å²) in [6.07, 6.45) is 0. The molecule has 0 fully saturated rings. The average molecular weight is 1090 g/mol. The largest absolute Gasteiger partial charge is 0.456 e. The smallest absolute Gasteiger partial charge is 0.160 e. The summed E-state index contributed by atoms with van der Waals surface area (Å²) in [5.41, 5.74) is 19.8. The van der Waals surface area contributed by atoms with E-state index in [4.69, 9.17) is 17.7 Å². The summed E-state index contributed by atoms with van der Waals surface area (Å²) in [6.45, 7) is 0. The van der Waals surface area contributed by atoms with Crippen LogP contribution in [0.4, 0.5) is 34.1 Å². The van der Waals surface area contributed by atoms with Crippen molar-refractivity contribution in [1.82, 2.24) is 4.40 Å². The summed E-state index contributed by atoms with van der Waals surface area (Å²) in [7, 11) is 0. The number of fused-ring (bicyclic) bond motifs is 20. The van der Waals surface area contributed by atoms with Gasteiger partial charge in [0.05, 0.1) is 22.6 Å². The molecule has 7 nitrogen and oxygen atoms in total. The van der Waals surface area contributed by atoms with Crippen LogP contribution in [-0.4, -0.2) is 4.40 Å². The summed E-state index contributed by atoms with van der Waals surface area (Å²) in [5, 5.41) is 12.5. The molecule has 0 atom stereocenters. The Bertz CT molecular complexity index is 5910. The van der Waals surface area contributed by atoms with Crippen LogP contribution in [0.1, 0.15) is 0 Å². The first-order chi connectivity index (χ1) is 42.2. The van der Waals surface area contributed by atoms with Gasteiger partial charge >= 0.3 is 0 Å². The molecule has 0 aliphatic rings. The highest BCUT2D eigenvalue weighted by atomic mass is 16.3. The van der Waals surface area contributed by atoms with Gasteiger partial charge < -0.3 is 31.9 Å². The third kappa shape index (κ3) is 6.49. The first kappa shape index (κ1) is 46.1. The molecule has 0 N–H and O–H groups in total. The molecule has 0 radical (unpaired) electrons. The monoisotopic (exact) mass is 1090 g/mol. The van der Waals surface area contributed by atoms with E-state index in [1.807, 2.05) is 0 Å². The van der Waals surface area contributed by atoms with E-state index in [9.17, 15) is 0 Å². The number of aromatic nitrogens is 1. The van der Waals surface area contributed by atoms with Crippen molar-refractivity contribution < 1.29 is 17.7 Å². The Kier molecular flexibility index (Phi) is 9.49. The van der Waals surface area contributed by atoms with E-state index in [2.05, 4.69) is 287 Å². The zero-order valence-corrected chi connectivity index (χ0v) is 45.5. The third-order valence-corrected chi connectivity index (χ3v) is 17.7. The minimum Gasteiger partial charge on any atom is -0.456 e. The summed E-state index contributed by atoms with van der Waals surface area (Å²) < 4.78 is 31.0. The van der Waals surface area contributed by atoms with Gasteiger partial charge in [-0.2, -0.15) is 0 Å². The highest BCUT2D eigenvalue weighted by Crippen LogP contribution is 2.56. The molecule has 0 aliphatic carbocycles. The summed E-state index contributed by atoms with van der Waals surface area (Å²) in [5.74, 6) is 0. The Morgan fingerprint density at radius 2 is 0.706 bits per heavy atom. The molecule has 0 saturated carbocycles. The molecular weight excluding hydrogens is 1040 g/mol. The molecule has 6 aromatic heterocycles. The second-order valence-electron chi connectivity index (χ2n) is 22.2. The topological polar surface area (TPSA) is 63.5 Å². The third-order valence-electron chi connectivity index (χ3n) is 17.7. The fourth-order valence-electron chi connectivity index (χ4n) is 14.1. The molecule has 85 heavy (non-hydrogen) atoms. The van der Waals surface area contributed by atoms with Crippen molar-refractivity contribution in [2.45, 2.75) is 0 Å². The van der Waals surface area contributed by atoms with Gasteiger partial charge in [-0.15, -0.1) is 0 Å². The van der Waals surface area contributed by atoms with Gasteiger partial charge in [0.1, 0.15) is 38.9 Å². The molecule has 396 valence electrons. The van der Waals surface area contributed by atoms with Crippen LogP contribution < -0.4 is 9.80 Å². The number of benzene rings is 13. The number of hydrogen-bond donors (Lipinski definition) is 0. The van der Waals surface area contributed by atoms with Crippen LogP contribution >= 0.6 is 0 Å². The Morgan fingerprint density at radius 1 is 0.235 bits per heavy atom. The minimum atomic E-state index is 0.790. The molecule has 6 heterocycles. The van der Waals surface area contributed by atoms with Crippen molar-refractivity contribution in [3.8, 4) is 22.3 Å². The minimum absolute atomic E-state index is 0.790. The number of nitrogens with zero attached hydrogens (tertiary/aromatic N) is 3. The molecule has 0 amide bonds. The van der Waals surface area contributed by atoms with Gasteiger partial charge in [0, 0.05) is 87.3 Å². The van der Waals surface area contributed by atoms with Crippen LogP contribution in [0.15, 0.2) is 291 Å². The fourth-order valence-corrected chi connectivity index (χ4v) is 14.1. The molecule has 19 rings (SSSR count). The Balaban J connectivity index is 0.960. The van der Waals surface area contributed by atoms with E-state index in [-0.39, 0.29) is 0 Å². The zero-order chi connectivity index (χ0) is 55.4. The highest BCUT2D eigenvalue weighted by Gasteiger charge is 2.33. The first-order valence-corrected chi connectivity index (χ1v) is 28.8. The van der Waals surface area contributed by atoms with Crippen molar-refractivity contribution in [2.75, 3.05) is 9.80 Å². The molecule has 0 unspecified atom stereocenters. The summed E-state index contributed by atoms with van der Waals surface area (Å²) >= 11 is 0. The lowest BCUT2D eigenvalue weighted by molar-refractivity contribution is 0.669. The average Bonchev–Trinajstić information content (AvgIpc) is 1.56. The van der Waals surface area contributed by atoms with E-state index < -0.39 is 0 Å². The standard InChI is InChI=1S/C78H45N3O4/c1-5-21-46(22-6-1)51-31-20-40-68-69(51)61-43-50(41-42-67(61)82-68)79(48-25-9-3-10-26-48)63-44-59-53-29-13-15-38-65(53)83-77(59)73-70(63)57-35-18-36-58-71-64(45-60-54-30-14-16-39-66(54)84-78(60)74(71)81(73)72(57)58)80(49-27-11-4-12-28-49)62-37-19-34-56-55-33-17-32-52(75(55)85-76(56)62)47-23-7-2-8-24-47/h1-45H. The van der Waals surface area contributed by atoms with Crippen LogP contribution in [-0.2, 0) is 0 Å². The molecule has 0 bridgehead atoms. The van der Waals surface area contributed by atoms with Gasteiger partial charge in [0.2, 0.25) is 0 Å². The lowest BCUT2D eigenvalue weighted by atomic mass is 9.99. The van der Waals surface area contributed by atoms with E-state index >= 15 is 0 Å². The molecule has 13 aromatic carbocycles. The molecule has 19 aromatic rings. The van der Waals surface area contributed by atoms with Crippen molar-refractivity contribution in [3.05, 3.63) is 273 Å². The van der Waals surface area contributed by atoms with Crippen LogP contribution in [0, 0.1) is 0 Å². The van der Waals surface area contributed by atoms with Gasteiger partial charge in [0.15, 0.2) is 16.7 Å².